The van der Waals surface area contributed by atoms with E-state index in [1.807, 2.05) is 11.9 Å². The predicted octanol–water partition coefficient (Wildman–Crippen LogP) is 1.64. The Morgan fingerprint density at radius 3 is 2.32 bits per heavy atom. The molecule has 5 heteroatoms. The van der Waals surface area contributed by atoms with Gasteiger partial charge in [0.2, 0.25) is 5.91 Å². The fourth-order valence-corrected chi connectivity index (χ4v) is 3.06. The molecule has 5 nitrogen and oxygen atoms in total. The summed E-state index contributed by atoms with van der Waals surface area (Å²) in [6, 6.07) is 10.7. The van der Waals surface area contributed by atoms with E-state index in [4.69, 9.17) is 5.73 Å². The molecule has 2 N–H and O–H groups in total. The maximum absolute atomic E-state index is 12.4. The number of piperazine rings is 1. The fraction of sp³-hybridized carbons (Fsp3) is 0.650. The Labute approximate surface area is 152 Å². The second-order valence-electron chi connectivity index (χ2n) is 7.55. The summed E-state index contributed by atoms with van der Waals surface area (Å²) in [6.07, 6.45) is 0.866. The minimum atomic E-state index is 0.164. The average molecular weight is 347 g/mol. The standard InChI is InChI=1S/C20H34N4O/c1-17(2)19(21)9-10-22(3)20(25)16-24-13-11-23(12-14-24)15-18-7-5-4-6-8-18/h4-8,17,19H,9-16,21H2,1-3H3. The normalized spacial score (nSPS) is 17.6. The highest BCUT2D eigenvalue weighted by Gasteiger charge is 2.21. The third-order valence-corrected chi connectivity index (χ3v) is 5.15. The van der Waals surface area contributed by atoms with Gasteiger partial charge in [-0.2, -0.15) is 0 Å². The molecule has 0 radical (unpaired) electrons. The van der Waals surface area contributed by atoms with Gasteiger partial charge in [-0.25, -0.2) is 0 Å². The first kappa shape index (κ1) is 19.9. The van der Waals surface area contributed by atoms with E-state index in [2.05, 4.69) is 54.0 Å². The maximum Gasteiger partial charge on any atom is 0.236 e. The number of hydrogen-bond donors (Lipinski definition) is 1. The zero-order valence-corrected chi connectivity index (χ0v) is 16.0. The lowest BCUT2D eigenvalue weighted by molar-refractivity contribution is -0.131. The van der Waals surface area contributed by atoms with E-state index in [-0.39, 0.29) is 11.9 Å². The molecule has 1 atom stereocenters. The van der Waals surface area contributed by atoms with Gasteiger partial charge in [0, 0.05) is 52.4 Å². The van der Waals surface area contributed by atoms with Crippen molar-refractivity contribution in [3.05, 3.63) is 35.9 Å². The molecular weight excluding hydrogens is 312 g/mol. The van der Waals surface area contributed by atoms with Gasteiger partial charge in [0.15, 0.2) is 0 Å². The molecule has 0 saturated carbocycles. The molecule has 1 fully saturated rings. The first-order valence-electron chi connectivity index (χ1n) is 9.44. The topological polar surface area (TPSA) is 52.8 Å². The lowest BCUT2D eigenvalue weighted by Crippen LogP contribution is -2.49. The van der Waals surface area contributed by atoms with E-state index in [0.717, 1.165) is 45.7 Å². The van der Waals surface area contributed by atoms with Gasteiger partial charge >= 0.3 is 0 Å². The van der Waals surface area contributed by atoms with Crippen molar-refractivity contribution >= 4 is 5.91 Å². The van der Waals surface area contributed by atoms with E-state index < -0.39 is 0 Å². The summed E-state index contributed by atoms with van der Waals surface area (Å²) in [5, 5.41) is 0. The molecule has 1 saturated heterocycles. The van der Waals surface area contributed by atoms with Crippen molar-refractivity contribution in [2.75, 3.05) is 46.3 Å². The Kier molecular flexibility index (Phi) is 7.88. The molecular formula is C20H34N4O. The van der Waals surface area contributed by atoms with Gasteiger partial charge in [-0.3, -0.25) is 14.6 Å². The van der Waals surface area contributed by atoms with Crippen LogP contribution in [-0.4, -0.2) is 73.0 Å². The van der Waals surface area contributed by atoms with Crippen LogP contribution in [-0.2, 0) is 11.3 Å². The first-order chi connectivity index (χ1) is 12.0. The van der Waals surface area contributed by atoms with Crippen molar-refractivity contribution in [3.63, 3.8) is 0 Å². The molecule has 1 unspecified atom stereocenters. The molecule has 1 amide bonds. The van der Waals surface area contributed by atoms with Crippen LogP contribution in [0.25, 0.3) is 0 Å². The molecule has 1 heterocycles. The van der Waals surface area contributed by atoms with Crippen LogP contribution in [0, 0.1) is 5.92 Å². The Balaban J connectivity index is 1.67. The van der Waals surface area contributed by atoms with Gasteiger partial charge in [0.1, 0.15) is 0 Å². The van der Waals surface area contributed by atoms with E-state index in [1.165, 1.54) is 5.56 Å². The third-order valence-electron chi connectivity index (χ3n) is 5.15. The summed E-state index contributed by atoms with van der Waals surface area (Å²) >= 11 is 0. The molecule has 0 bridgehead atoms. The molecule has 0 spiro atoms. The second-order valence-corrected chi connectivity index (χ2v) is 7.55. The number of benzene rings is 1. The average Bonchev–Trinajstić information content (AvgIpc) is 2.61. The highest BCUT2D eigenvalue weighted by atomic mass is 16.2. The van der Waals surface area contributed by atoms with Crippen LogP contribution in [0.2, 0.25) is 0 Å². The van der Waals surface area contributed by atoms with Crippen molar-refractivity contribution in [2.45, 2.75) is 32.9 Å². The minimum Gasteiger partial charge on any atom is -0.345 e. The summed E-state index contributed by atoms with van der Waals surface area (Å²) in [5.74, 6) is 0.661. The van der Waals surface area contributed by atoms with E-state index in [1.54, 1.807) is 0 Å². The van der Waals surface area contributed by atoms with Crippen molar-refractivity contribution in [3.8, 4) is 0 Å². The smallest absolute Gasteiger partial charge is 0.236 e. The van der Waals surface area contributed by atoms with E-state index >= 15 is 0 Å². The Bertz CT molecular complexity index is 512. The van der Waals surface area contributed by atoms with Gasteiger partial charge in [-0.15, -0.1) is 0 Å². The van der Waals surface area contributed by atoms with Crippen LogP contribution in [0.3, 0.4) is 0 Å². The van der Waals surface area contributed by atoms with Gasteiger partial charge in [-0.1, -0.05) is 44.2 Å². The number of hydrogen-bond acceptors (Lipinski definition) is 4. The largest absolute Gasteiger partial charge is 0.345 e. The van der Waals surface area contributed by atoms with E-state index in [0.29, 0.717) is 12.5 Å². The van der Waals surface area contributed by atoms with Crippen molar-refractivity contribution in [1.82, 2.24) is 14.7 Å². The predicted molar refractivity (Wildman–Crippen MR) is 103 cm³/mol. The molecule has 1 aromatic rings. The quantitative estimate of drug-likeness (QED) is 0.777. The molecule has 2 rings (SSSR count). The zero-order chi connectivity index (χ0) is 18.2. The Hall–Kier alpha value is -1.43. The third kappa shape index (κ3) is 6.77. The summed E-state index contributed by atoms with van der Waals surface area (Å²) < 4.78 is 0. The van der Waals surface area contributed by atoms with Crippen LogP contribution in [0.1, 0.15) is 25.8 Å². The van der Waals surface area contributed by atoms with Crippen LogP contribution < -0.4 is 5.73 Å². The molecule has 25 heavy (non-hydrogen) atoms. The highest BCUT2D eigenvalue weighted by Crippen LogP contribution is 2.09. The van der Waals surface area contributed by atoms with Crippen molar-refractivity contribution in [1.29, 1.82) is 0 Å². The monoisotopic (exact) mass is 346 g/mol. The number of rotatable bonds is 8. The number of nitrogens with two attached hydrogens (primary N) is 1. The SMILES string of the molecule is CC(C)C(N)CCN(C)C(=O)CN1CCN(Cc2ccccc2)CC1. The molecule has 1 aliphatic heterocycles. The zero-order valence-electron chi connectivity index (χ0n) is 16.0. The van der Waals surface area contributed by atoms with Gasteiger partial charge in [0.05, 0.1) is 6.54 Å². The number of carbonyl (C=O) groups excluding carboxylic acids is 1. The van der Waals surface area contributed by atoms with Gasteiger partial charge < -0.3 is 10.6 Å². The summed E-state index contributed by atoms with van der Waals surface area (Å²) in [4.78, 5) is 19.0. The van der Waals surface area contributed by atoms with Gasteiger partial charge in [0.25, 0.3) is 0 Å². The molecule has 1 aliphatic rings. The number of likely N-dealkylation sites (N-methyl/N-ethyl adjacent to an activating group) is 1. The van der Waals surface area contributed by atoms with Crippen molar-refractivity contribution in [2.24, 2.45) is 11.7 Å². The molecule has 1 aromatic carbocycles. The lowest BCUT2D eigenvalue weighted by Gasteiger charge is -2.35. The molecule has 0 aliphatic carbocycles. The number of carbonyl (C=O) groups is 1. The summed E-state index contributed by atoms with van der Waals surface area (Å²) in [6.45, 7) is 10.5. The summed E-state index contributed by atoms with van der Waals surface area (Å²) in [7, 11) is 1.89. The van der Waals surface area contributed by atoms with Gasteiger partial charge in [-0.05, 0) is 17.9 Å². The maximum atomic E-state index is 12.4. The minimum absolute atomic E-state index is 0.164. The molecule has 0 aromatic heterocycles. The summed E-state index contributed by atoms with van der Waals surface area (Å²) in [5.41, 5.74) is 7.43. The van der Waals surface area contributed by atoms with Crippen LogP contribution in [0.4, 0.5) is 0 Å². The number of nitrogens with zero attached hydrogens (tertiary/aromatic N) is 3. The van der Waals surface area contributed by atoms with E-state index in [9.17, 15) is 4.79 Å². The first-order valence-corrected chi connectivity index (χ1v) is 9.44. The highest BCUT2D eigenvalue weighted by molar-refractivity contribution is 5.78. The molecule has 140 valence electrons. The second kappa shape index (κ2) is 9.90. The van der Waals surface area contributed by atoms with Crippen LogP contribution in [0.5, 0.6) is 0 Å². The van der Waals surface area contributed by atoms with Crippen LogP contribution >= 0.6 is 0 Å². The lowest BCUT2D eigenvalue weighted by atomic mass is 10.0. The Morgan fingerprint density at radius 2 is 1.72 bits per heavy atom. The van der Waals surface area contributed by atoms with Crippen LogP contribution in [0.15, 0.2) is 30.3 Å². The van der Waals surface area contributed by atoms with Crippen molar-refractivity contribution < 1.29 is 4.79 Å². The Morgan fingerprint density at radius 1 is 1.12 bits per heavy atom. The fourth-order valence-electron chi connectivity index (χ4n) is 3.06. The number of amides is 1.